The molecule has 11 heteroatoms. The van der Waals surface area contributed by atoms with Crippen LogP contribution in [0.2, 0.25) is 0 Å². The standard InChI is InChI=1S/C21H17F4N3O4/c22-11-5-4-10(14(23)6-11)7-26-20(31)13-9-27-12-2-1-3-15(19(24)25)28(8-12)21(32)16(27)18(30)17(13)29/h1,3-6,9,12,15,19,30H,2,7-8H2,(H,26,31)/t12-,15+/m0/s1. The lowest BCUT2D eigenvalue weighted by Gasteiger charge is -2.37. The molecule has 1 aromatic carbocycles. The topological polar surface area (TPSA) is 91.6 Å². The highest BCUT2D eigenvalue weighted by atomic mass is 19.3. The molecule has 2 amide bonds. The normalized spacial score (nSPS) is 19.7. The van der Waals surface area contributed by atoms with E-state index in [1.807, 2.05) is 0 Å². The molecule has 0 unspecified atom stereocenters. The molecule has 168 valence electrons. The maximum absolute atomic E-state index is 13.8. The smallest absolute Gasteiger partial charge is 0.275 e. The van der Waals surface area contributed by atoms with Crippen LogP contribution in [-0.2, 0) is 6.54 Å². The Kier molecular flexibility index (Phi) is 5.49. The Morgan fingerprint density at radius 3 is 2.69 bits per heavy atom. The van der Waals surface area contributed by atoms with Crippen molar-refractivity contribution in [3.8, 4) is 5.75 Å². The molecule has 1 aromatic heterocycles. The summed E-state index contributed by atoms with van der Waals surface area (Å²) in [6.07, 6.45) is 1.14. The lowest BCUT2D eigenvalue weighted by Crippen LogP contribution is -2.50. The van der Waals surface area contributed by atoms with Crippen LogP contribution >= 0.6 is 0 Å². The molecule has 0 radical (unpaired) electrons. The third-order valence-electron chi connectivity index (χ3n) is 5.53. The number of aromatic nitrogens is 1. The van der Waals surface area contributed by atoms with Crippen molar-refractivity contribution < 1.29 is 32.3 Å². The molecule has 2 aliphatic rings. The second kappa shape index (κ2) is 8.13. The van der Waals surface area contributed by atoms with E-state index in [-0.39, 0.29) is 25.1 Å². The summed E-state index contributed by atoms with van der Waals surface area (Å²) in [5.74, 6) is -4.61. The molecule has 4 rings (SSSR count). The average molecular weight is 451 g/mol. The number of allylic oxidation sites excluding steroid dienone is 1. The molecule has 2 N–H and O–H groups in total. The number of hydrogen-bond acceptors (Lipinski definition) is 4. The van der Waals surface area contributed by atoms with E-state index in [1.54, 1.807) is 0 Å². The number of rotatable bonds is 4. The number of hydrogen-bond donors (Lipinski definition) is 2. The lowest BCUT2D eigenvalue weighted by atomic mass is 10.1. The molecule has 0 spiro atoms. The number of halogens is 4. The first-order valence-electron chi connectivity index (χ1n) is 9.65. The maximum Gasteiger partial charge on any atom is 0.275 e. The summed E-state index contributed by atoms with van der Waals surface area (Å²) in [4.78, 5) is 38.9. The molecule has 0 saturated carbocycles. The van der Waals surface area contributed by atoms with E-state index in [0.717, 1.165) is 23.2 Å². The minimum atomic E-state index is -2.86. The first-order valence-corrected chi connectivity index (χ1v) is 9.65. The summed E-state index contributed by atoms with van der Waals surface area (Å²) in [6, 6.07) is 0.699. The van der Waals surface area contributed by atoms with Gasteiger partial charge in [0.15, 0.2) is 11.4 Å². The fourth-order valence-corrected chi connectivity index (χ4v) is 3.90. The van der Waals surface area contributed by atoms with Crippen molar-refractivity contribution in [2.45, 2.75) is 31.5 Å². The van der Waals surface area contributed by atoms with E-state index in [2.05, 4.69) is 5.32 Å². The van der Waals surface area contributed by atoms with Crippen LogP contribution in [0.15, 0.2) is 41.3 Å². The molecule has 2 aliphatic heterocycles. The summed E-state index contributed by atoms with van der Waals surface area (Å²) in [5, 5.41) is 12.7. The summed E-state index contributed by atoms with van der Waals surface area (Å²) < 4.78 is 54.8. The van der Waals surface area contributed by atoms with Gasteiger partial charge < -0.3 is 19.9 Å². The molecule has 0 aliphatic carbocycles. The van der Waals surface area contributed by atoms with Crippen molar-refractivity contribution in [1.82, 2.24) is 14.8 Å². The largest absolute Gasteiger partial charge is 0.503 e. The van der Waals surface area contributed by atoms with Crippen molar-refractivity contribution >= 4 is 11.8 Å². The van der Waals surface area contributed by atoms with E-state index >= 15 is 0 Å². The van der Waals surface area contributed by atoms with Gasteiger partial charge in [0.25, 0.3) is 18.2 Å². The van der Waals surface area contributed by atoms with Crippen LogP contribution < -0.4 is 10.7 Å². The van der Waals surface area contributed by atoms with Gasteiger partial charge in [-0.3, -0.25) is 14.4 Å². The minimum Gasteiger partial charge on any atom is -0.503 e. The van der Waals surface area contributed by atoms with Gasteiger partial charge in [0, 0.05) is 30.9 Å². The zero-order valence-corrected chi connectivity index (χ0v) is 16.4. The predicted molar refractivity (Wildman–Crippen MR) is 104 cm³/mol. The van der Waals surface area contributed by atoms with E-state index in [9.17, 15) is 37.1 Å². The summed E-state index contributed by atoms with van der Waals surface area (Å²) >= 11 is 0. The fourth-order valence-electron chi connectivity index (χ4n) is 3.90. The number of nitrogens with one attached hydrogen (secondary N) is 1. The lowest BCUT2D eigenvalue weighted by molar-refractivity contribution is 0.0271. The van der Waals surface area contributed by atoms with Crippen LogP contribution in [0, 0.1) is 11.6 Å². The van der Waals surface area contributed by atoms with Crippen molar-refractivity contribution in [2.24, 2.45) is 0 Å². The van der Waals surface area contributed by atoms with Gasteiger partial charge in [-0.15, -0.1) is 0 Å². The van der Waals surface area contributed by atoms with E-state index < -0.39 is 64.4 Å². The Hall–Kier alpha value is -3.63. The third-order valence-corrected chi connectivity index (χ3v) is 5.53. The number of pyridine rings is 1. The zero-order valence-electron chi connectivity index (χ0n) is 16.4. The van der Waals surface area contributed by atoms with Gasteiger partial charge in [0.2, 0.25) is 5.43 Å². The van der Waals surface area contributed by atoms with Gasteiger partial charge in [0.05, 0.1) is 6.04 Å². The Balaban J connectivity index is 1.67. The Bertz CT molecular complexity index is 1190. The van der Waals surface area contributed by atoms with Crippen LogP contribution in [0.5, 0.6) is 5.75 Å². The van der Waals surface area contributed by atoms with Crippen LogP contribution in [0.1, 0.15) is 38.9 Å². The number of benzene rings is 1. The number of alkyl halides is 2. The van der Waals surface area contributed by atoms with Crippen molar-refractivity contribution in [3.05, 3.63) is 75.2 Å². The number of fused-ring (bicyclic) bond motifs is 4. The molecule has 2 atom stereocenters. The molecule has 0 saturated heterocycles. The molecule has 2 bridgehead atoms. The van der Waals surface area contributed by atoms with Crippen LogP contribution in [0.4, 0.5) is 17.6 Å². The summed E-state index contributed by atoms with van der Waals surface area (Å²) in [6.45, 7) is -0.458. The summed E-state index contributed by atoms with van der Waals surface area (Å²) in [7, 11) is 0. The van der Waals surface area contributed by atoms with E-state index in [1.165, 1.54) is 16.7 Å². The predicted octanol–water partition coefficient (Wildman–Crippen LogP) is 2.35. The van der Waals surface area contributed by atoms with Gasteiger partial charge in [0.1, 0.15) is 23.2 Å². The molecule has 0 fully saturated rings. The van der Waals surface area contributed by atoms with Gasteiger partial charge in [-0.05, 0) is 12.5 Å². The van der Waals surface area contributed by atoms with Gasteiger partial charge in [-0.1, -0.05) is 18.2 Å². The number of carbonyl (C=O) groups excluding carboxylic acids is 2. The van der Waals surface area contributed by atoms with Gasteiger partial charge >= 0.3 is 0 Å². The molecular weight excluding hydrogens is 434 g/mol. The number of amides is 2. The Labute approximate surface area is 178 Å². The fraction of sp³-hybridized carbons (Fsp3) is 0.286. The first-order chi connectivity index (χ1) is 15.2. The number of carbonyl (C=O) groups is 2. The maximum atomic E-state index is 13.8. The third kappa shape index (κ3) is 3.63. The first kappa shape index (κ1) is 21.6. The van der Waals surface area contributed by atoms with Crippen LogP contribution in [0.3, 0.4) is 0 Å². The van der Waals surface area contributed by atoms with Crippen molar-refractivity contribution in [2.75, 3.05) is 6.54 Å². The van der Waals surface area contributed by atoms with Gasteiger partial charge in [-0.2, -0.15) is 0 Å². The van der Waals surface area contributed by atoms with Crippen molar-refractivity contribution in [1.29, 1.82) is 0 Å². The molecule has 7 nitrogen and oxygen atoms in total. The number of nitrogens with zero attached hydrogens (tertiary/aromatic N) is 2. The zero-order chi connectivity index (χ0) is 23.2. The summed E-state index contributed by atoms with van der Waals surface area (Å²) in [5.41, 5.74) is -2.17. The Morgan fingerprint density at radius 1 is 1.25 bits per heavy atom. The van der Waals surface area contributed by atoms with Gasteiger partial charge in [-0.25, -0.2) is 17.6 Å². The highest BCUT2D eigenvalue weighted by Gasteiger charge is 2.41. The molecule has 2 aromatic rings. The highest BCUT2D eigenvalue weighted by molar-refractivity contribution is 5.99. The number of aromatic hydroxyl groups is 1. The second-order valence-corrected chi connectivity index (χ2v) is 7.50. The Morgan fingerprint density at radius 2 is 2.00 bits per heavy atom. The van der Waals surface area contributed by atoms with Crippen LogP contribution in [0.25, 0.3) is 0 Å². The molecule has 3 heterocycles. The van der Waals surface area contributed by atoms with E-state index in [0.29, 0.717) is 6.07 Å². The quantitative estimate of drug-likeness (QED) is 0.552. The average Bonchev–Trinajstić information content (AvgIpc) is 2.94. The highest BCUT2D eigenvalue weighted by Crippen LogP contribution is 2.33. The molecule has 32 heavy (non-hydrogen) atoms. The monoisotopic (exact) mass is 451 g/mol. The van der Waals surface area contributed by atoms with Crippen molar-refractivity contribution in [3.63, 3.8) is 0 Å². The SMILES string of the molecule is O=C(NCc1ccc(F)cc1F)c1cn2c(c(O)c1=O)C(=O)N1C[C@@H]2CC=C[C@@H]1C(F)F. The minimum absolute atomic E-state index is 0.0280. The van der Waals surface area contributed by atoms with E-state index in [4.69, 9.17) is 0 Å². The van der Waals surface area contributed by atoms with Crippen LogP contribution in [-0.4, -0.2) is 45.4 Å². The molecular formula is C21H17F4N3O4. The second-order valence-electron chi connectivity index (χ2n) is 7.50.